The van der Waals surface area contributed by atoms with Crippen LogP contribution in [0.5, 0.6) is 0 Å². The Morgan fingerprint density at radius 2 is 1.55 bits per heavy atom. The molecule has 1 unspecified atom stereocenters. The Morgan fingerprint density at radius 1 is 0.939 bits per heavy atom. The first kappa shape index (κ1) is 37.0. The zero-order valence-corrected chi connectivity index (χ0v) is 32.1. The van der Waals surface area contributed by atoms with E-state index in [0.717, 1.165) is 48.8 Å². The molecule has 4 nitrogen and oxygen atoms in total. The van der Waals surface area contributed by atoms with Crippen LogP contribution in [0.2, 0.25) is 10.6 Å². The van der Waals surface area contributed by atoms with E-state index < -0.39 is 13.7 Å². The molecule has 3 aliphatic carbocycles. The van der Waals surface area contributed by atoms with Crippen LogP contribution in [0, 0.1) is 17.3 Å². The summed E-state index contributed by atoms with van der Waals surface area (Å²) in [6.45, 7) is 24.4. The Morgan fingerprint density at radius 3 is 2.12 bits per heavy atom. The van der Waals surface area contributed by atoms with Gasteiger partial charge in [-0.3, -0.25) is 4.79 Å². The molecule has 3 aliphatic rings. The van der Waals surface area contributed by atoms with Crippen molar-refractivity contribution in [2.75, 3.05) is 13.2 Å². The van der Waals surface area contributed by atoms with Gasteiger partial charge in [0, 0.05) is 12.0 Å². The highest BCUT2D eigenvalue weighted by molar-refractivity contribution is 7.07. The average Bonchev–Trinajstić information content (AvgIpc) is 3.39. The van der Waals surface area contributed by atoms with Gasteiger partial charge in [0.05, 0.1) is 6.61 Å². The molecule has 4 atom stereocenters. The summed E-state index contributed by atoms with van der Waals surface area (Å²) in [4.78, 5) is 26.6. The fraction of sp³-hybridized carbons (Fsp3) is 0.500. The molecule has 262 valence electrons. The average molecular weight is 679 g/mol. The number of fused-ring (bicyclic) bond motifs is 1. The summed E-state index contributed by atoms with van der Waals surface area (Å²) in [6.07, 6.45) is 11.3. The molecule has 3 saturated carbocycles. The van der Waals surface area contributed by atoms with Crippen LogP contribution in [0.1, 0.15) is 93.4 Å². The van der Waals surface area contributed by atoms with Gasteiger partial charge in [-0.05, 0) is 92.7 Å². The molecule has 5 rings (SSSR count). The van der Waals surface area contributed by atoms with Gasteiger partial charge in [0.1, 0.15) is 26.1 Å². The van der Waals surface area contributed by atoms with Crippen molar-refractivity contribution in [2.24, 2.45) is 17.3 Å². The molecule has 0 heterocycles. The first-order valence-electron chi connectivity index (χ1n) is 18.3. The number of hydrogen-bond acceptors (Lipinski definition) is 4. The van der Waals surface area contributed by atoms with Gasteiger partial charge < -0.3 is 9.47 Å². The van der Waals surface area contributed by atoms with Crippen LogP contribution in [0.3, 0.4) is 0 Å². The number of carbonyl (C=O) groups is 2. The van der Waals surface area contributed by atoms with Crippen LogP contribution in [-0.2, 0) is 19.1 Å². The number of esters is 1. The topological polar surface area (TPSA) is 52.6 Å². The predicted octanol–water partition coefficient (Wildman–Crippen LogP) is 9.32. The van der Waals surface area contributed by atoms with E-state index in [9.17, 15) is 9.59 Å². The smallest absolute Gasteiger partial charge is 0.332 e. The van der Waals surface area contributed by atoms with Crippen molar-refractivity contribution >= 4 is 30.2 Å². The summed E-state index contributed by atoms with van der Waals surface area (Å²) in [6, 6.07) is 21.7. The molecule has 0 aliphatic heterocycles. The van der Waals surface area contributed by atoms with Crippen molar-refractivity contribution in [2.45, 2.75) is 110 Å². The number of carbonyl (C=O) groups excluding carboxylic acids is 2. The Hall–Kier alpha value is -3.28. The summed E-state index contributed by atoms with van der Waals surface area (Å²) in [5, 5.41) is 2.56. The molecular formula is C44H58O4Si. The van der Waals surface area contributed by atoms with Crippen LogP contribution in [-0.4, -0.2) is 38.6 Å². The molecule has 0 aromatic heterocycles. The number of ketones is 1. The molecule has 0 spiro atoms. The highest BCUT2D eigenvalue weighted by Gasteiger charge is 2.56. The molecule has 5 heteroatoms. The lowest BCUT2D eigenvalue weighted by atomic mass is 9.62. The van der Waals surface area contributed by atoms with E-state index in [1.165, 1.54) is 15.9 Å². The molecule has 0 radical (unpaired) electrons. The second-order valence-corrected chi connectivity index (χ2v) is 22.0. The van der Waals surface area contributed by atoms with Crippen LogP contribution in [0.25, 0.3) is 0 Å². The Balaban J connectivity index is 1.34. The van der Waals surface area contributed by atoms with Gasteiger partial charge >= 0.3 is 5.97 Å². The van der Waals surface area contributed by atoms with Gasteiger partial charge in [0.2, 0.25) is 0 Å². The highest BCUT2D eigenvalue weighted by atomic mass is 28.3. The maximum Gasteiger partial charge on any atom is 0.332 e. The largest absolute Gasteiger partial charge is 0.458 e. The van der Waals surface area contributed by atoms with Gasteiger partial charge in [-0.1, -0.05) is 135 Å². The number of rotatable bonds is 9. The molecule has 0 N–H and O–H groups in total. The van der Waals surface area contributed by atoms with E-state index in [1.54, 1.807) is 0 Å². The molecule has 0 bridgehead atoms. The van der Waals surface area contributed by atoms with Gasteiger partial charge in [-0.15, -0.1) is 0 Å². The van der Waals surface area contributed by atoms with Gasteiger partial charge in [0.15, 0.2) is 0 Å². The lowest BCUT2D eigenvalue weighted by Crippen LogP contribution is -2.68. The van der Waals surface area contributed by atoms with E-state index in [4.69, 9.17) is 9.47 Å². The van der Waals surface area contributed by atoms with E-state index >= 15 is 0 Å². The fourth-order valence-corrected chi connectivity index (χ4v) is 16.2. The van der Waals surface area contributed by atoms with Crippen molar-refractivity contribution in [1.82, 2.24) is 0 Å². The molecule has 2 aromatic carbocycles. The third kappa shape index (κ3) is 7.59. The number of hydrogen-bond donors (Lipinski definition) is 0. The zero-order valence-electron chi connectivity index (χ0n) is 31.1. The number of benzene rings is 2. The lowest BCUT2D eigenvalue weighted by Gasteiger charge is -2.50. The molecule has 3 fully saturated rings. The first-order valence-corrected chi connectivity index (χ1v) is 20.3. The fourth-order valence-electron chi connectivity index (χ4n) is 9.71. The number of allylic oxidation sites excluding steroid dienone is 5. The highest BCUT2D eigenvalue weighted by Crippen LogP contribution is 2.59. The van der Waals surface area contributed by atoms with Crippen LogP contribution >= 0.6 is 0 Å². The standard InChI is InChI=1S/C44H58O4Si/c1-31-27-40(49(43(6,7)8,35-18-12-10-13-19-35)36-20-14-11-15-21-36)39(45)28-34(31)23-22-33-17-16-26-44(9)37(24-25-38(33)44)32(2)29-47-30-41(46)48-42(3,4)5/h10-15,18-23,37-38,40H,1-2,16-17,24-30H2,3-9H3/t37-,38+,40?,44-/m1/s1. The van der Waals surface area contributed by atoms with Gasteiger partial charge in [-0.2, -0.15) is 0 Å². The zero-order chi connectivity index (χ0) is 35.6. The Labute approximate surface area is 296 Å². The van der Waals surface area contributed by atoms with Crippen molar-refractivity contribution in [3.63, 3.8) is 0 Å². The van der Waals surface area contributed by atoms with E-state index in [-0.39, 0.29) is 28.6 Å². The molecule has 49 heavy (non-hydrogen) atoms. The van der Waals surface area contributed by atoms with E-state index in [0.29, 0.717) is 37.1 Å². The summed E-state index contributed by atoms with van der Waals surface area (Å²) >= 11 is 0. The lowest BCUT2D eigenvalue weighted by molar-refractivity contribution is -0.159. The van der Waals surface area contributed by atoms with Crippen molar-refractivity contribution in [3.05, 3.63) is 108 Å². The van der Waals surface area contributed by atoms with Gasteiger partial charge in [-0.25, -0.2) is 4.79 Å². The normalized spacial score (nSPS) is 26.6. The first-order chi connectivity index (χ1) is 23.1. The van der Waals surface area contributed by atoms with Crippen molar-refractivity contribution < 1.29 is 19.1 Å². The van der Waals surface area contributed by atoms with Crippen LogP contribution in [0.4, 0.5) is 0 Å². The van der Waals surface area contributed by atoms with Crippen molar-refractivity contribution in [1.29, 1.82) is 0 Å². The Kier molecular flexibility index (Phi) is 11.0. The summed E-state index contributed by atoms with van der Waals surface area (Å²) in [5.74, 6) is 0.838. The second kappa shape index (κ2) is 14.5. The third-order valence-corrected chi connectivity index (χ3v) is 18.1. The molecule has 0 amide bonds. The number of Topliss-reactive ketones (excluding diaryl/α,β-unsaturated/α-hetero) is 1. The summed E-state index contributed by atoms with van der Waals surface area (Å²) in [5.41, 5.74) is 4.27. The maximum absolute atomic E-state index is 14.5. The SMILES string of the molecule is C=C1CC([Si](c2ccccc2)(c2ccccc2)C(C)(C)C)C(=O)CC1=CC=C1CCC[C@]2(C)[C@@H](C(=C)COCC(=O)OC(C)(C)C)CC[C@@H]12. The maximum atomic E-state index is 14.5. The van der Waals surface area contributed by atoms with Crippen LogP contribution in [0.15, 0.2) is 108 Å². The molecular weight excluding hydrogens is 621 g/mol. The minimum absolute atomic E-state index is 0.0542. The van der Waals surface area contributed by atoms with Crippen LogP contribution < -0.4 is 10.4 Å². The molecule has 2 aromatic rings. The quantitative estimate of drug-likeness (QED) is 0.151. The minimum Gasteiger partial charge on any atom is -0.458 e. The molecule has 0 saturated heterocycles. The summed E-state index contributed by atoms with van der Waals surface area (Å²) < 4.78 is 11.2. The monoisotopic (exact) mass is 678 g/mol. The predicted molar refractivity (Wildman–Crippen MR) is 205 cm³/mol. The second-order valence-electron chi connectivity index (χ2n) is 17.0. The Bertz CT molecular complexity index is 1560. The summed E-state index contributed by atoms with van der Waals surface area (Å²) in [7, 11) is -2.61. The van der Waals surface area contributed by atoms with Gasteiger partial charge in [0.25, 0.3) is 0 Å². The third-order valence-electron chi connectivity index (χ3n) is 11.7. The number of ether oxygens (including phenoxy) is 2. The van der Waals surface area contributed by atoms with Crippen molar-refractivity contribution in [3.8, 4) is 0 Å². The van der Waals surface area contributed by atoms with E-state index in [1.807, 2.05) is 20.8 Å². The van der Waals surface area contributed by atoms with E-state index in [2.05, 4.69) is 114 Å². The minimum atomic E-state index is -2.61.